The summed E-state index contributed by atoms with van der Waals surface area (Å²) < 4.78 is 7.99. The van der Waals surface area contributed by atoms with Gasteiger partial charge in [-0.05, 0) is 30.7 Å². The van der Waals surface area contributed by atoms with Gasteiger partial charge in [-0.3, -0.25) is 0 Å². The van der Waals surface area contributed by atoms with E-state index in [-0.39, 0.29) is 6.10 Å². The molecule has 120 valence electrons. The summed E-state index contributed by atoms with van der Waals surface area (Å²) >= 11 is 6.23. The molecule has 0 saturated carbocycles. The Bertz CT molecular complexity index is 869. The van der Waals surface area contributed by atoms with Crippen LogP contribution in [-0.2, 0) is 6.54 Å². The van der Waals surface area contributed by atoms with Gasteiger partial charge in [0.25, 0.3) is 0 Å². The van der Waals surface area contributed by atoms with Crippen molar-refractivity contribution in [2.45, 2.75) is 19.6 Å². The van der Waals surface area contributed by atoms with E-state index in [4.69, 9.17) is 16.3 Å². The van der Waals surface area contributed by atoms with Crippen LogP contribution in [-0.4, -0.2) is 9.55 Å². The summed E-state index contributed by atoms with van der Waals surface area (Å²) in [5.74, 6) is 0.558. The van der Waals surface area contributed by atoms with E-state index in [1.807, 2.05) is 54.1 Å². The zero-order valence-corrected chi connectivity index (χ0v) is 13.9. The summed E-state index contributed by atoms with van der Waals surface area (Å²) in [7, 11) is 0. The Morgan fingerprint density at radius 1 is 1.29 bits per heavy atom. The lowest BCUT2D eigenvalue weighted by atomic mass is 10.1. The maximum Gasteiger partial charge on any atom is 0.138 e. The molecule has 0 amide bonds. The van der Waals surface area contributed by atoms with Gasteiger partial charge in [-0.25, -0.2) is 4.98 Å². The second-order valence-corrected chi connectivity index (χ2v) is 5.87. The number of aromatic nitrogens is 2. The summed E-state index contributed by atoms with van der Waals surface area (Å²) in [6.07, 6.45) is 5.13. The van der Waals surface area contributed by atoms with Gasteiger partial charge < -0.3 is 9.30 Å². The summed E-state index contributed by atoms with van der Waals surface area (Å²) in [6.45, 7) is 2.59. The van der Waals surface area contributed by atoms with E-state index in [1.165, 1.54) is 0 Å². The van der Waals surface area contributed by atoms with E-state index < -0.39 is 0 Å². The number of nitrogens with zero attached hydrogens (tertiary/aromatic N) is 3. The van der Waals surface area contributed by atoms with Gasteiger partial charge in [-0.2, -0.15) is 5.26 Å². The van der Waals surface area contributed by atoms with E-state index in [9.17, 15) is 5.26 Å². The molecule has 1 aromatic heterocycles. The highest BCUT2D eigenvalue weighted by atomic mass is 35.5. The van der Waals surface area contributed by atoms with Gasteiger partial charge in [0.2, 0.25) is 0 Å². The summed E-state index contributed by atoms with van der Waals surface area (Å²) in [6, 6.07) is 15.3. The van der Waals surface area contributed by atoms with Gasteiger partial charge in [-0.15, -0.1) is 0 Å². The second kappa shape index (κ2) is 7.20. The highest BCUT2D eigenvalue weighted by molar-refractivity contribution is 6.31. The molecule has 1 unspecified atom stereocenters. The van der Waals surface area contributed by atoms with Crippen LogP contribution in [0.3, 0.4) is 0 Å². The fourth-order valence-corrected chi connectivity index (χ4v) is 2.79. The lowest BCUT2D eigenvalue weighted by Gasteiger charge is -2.18. The summed E-state index contributed by atoms with van der Waals surface area (Å²) in [5.41, 5.74) is 2.43. The molecule has 3 aromatic rings. The molecule has 1 heterocycles. The lowest BCUT2D eigenvalue weighted by molar-refractivity contribution is 0.226. The molecule has 0 bridgehead atoms. The molecule has 0 aliphatic heterocycles. The molecule has 5 heteroatoms. The van der Waals surface area contributed by atoms with E-state index >= 15 is 0 Å². The van der Waals surface area contributed by atoms with Gasteiger partial charge >= 0.3 is 0 Å². The number of imidazole rings is 1. The normalized spacial score (nSPS) is 11.7. The average Bonchev–Trinajstić information content (AvgIpc) is 3.08. The SMILES string of the molecule is CC(Oc1cc(Cn2ccnc2)ccc1C#N)c1ccccc1Cl. The lowest BCUT2D eigenvalue weighted by Crippen LogP contribution is -2.06. The first-order chi connectivity index (χ1) is 11.7. The number of hydrogen-bond donors (Lipinski definition) is 0. The first kappa shape index (κ1) is 16.1. The van der Waals surface area contributed by atoms with E-state index in [0.29, 0.717) is 22.9 Å². The molecule has 3 rings (SSSR count). The third kappa shape index (κ3) is 3.58. The molecule has 0 spiro atoms. The summed E-state index contributed by atoms with van der Waals surface area (Å²) in [4.78, 5) is 4.04. The molecule has 0 saturated heterocycles. The third-order valence-corrected chi connectivity index (χ3v) is 4.08. The smallest absolute Gasteiger partial charge is 0.138 e. The van der Waals surface area contributed by atoms with Gasteiger partial charge in [0.1, 0.15) is 17.9 Å². The van der Waals surface area contributed by atoms with Crippen molar-refractivity contribution in [1.29, 1.82) is 5.26 Å². The molecule has 0 radical (unpaired) electrons. The van der Waals surface area contributed by atoms with Gasteiger partial charge in [0, 0.05) is 29.5 Å². The summed E-state index contributed by atoms with van der Waals surface area (Å²) in [5, 5.41) is 9.98. The molecular weight excluding hydrogens is 322 g/mol. The molecule has 0 aliphatic rings. The standard InChI is InChI=1S/C19H16ClN3O/c1-14(17-4-2-3-5-18(17)20)24-19-10-15(6-7-16(19)11-21)12-23-9-8-22-13-23/h2-10,13-14H,12H2,1H3. The van der Waals surface area contributed by atoms with Crippen LogP contribution in [0.15, 0.2) is 61.2 Å². The van der Waals surface area contributed by atoms with Gasteiger partial charge in [-0.1, -0.05) is 35.9 Å². The van der Waals surface area contributed by atoms with E-state index in [1.54, 1.807) is 18.6 Å². The number of nitriles is 1. The Labute approximate surface area is 145 Å². The topological polar surface area (TPSA) is 50.8 Å². The molecule has 0 aliphatic carbocycles. The largest absolute Gasteiger partial charge is 0.485 e. The zero-order valence-electron chi connectivity index (χ0n) is 13.2. The first-order valence-corrected chi connectivity index (χ1v) is 7.95. The molecule has 0 fully saturated rings. The van der Waals surface area contributed by atoms with Crippen molar-refractivity contribution >= 4 is 11.6 Å². The van der Waals surface area contributed by atoms with Crippen LogP contribution in [0.1, 0.15) is 29.7 Å². The maximum absolute atomic E-state index is 9.33. The minimum Gasteiger partial charge on any atom is -0.485 e. The second-order valence-electron chi connectivity index (χ2n) is 5.46. The Hall–Kier alpha value is -2.77. The highest BCUT2D eigenvalue weighted by Crippen LogP contribution is 2.29. The predicted octanol–water partition coefficient (Wildman–Crippen LogP) is 4.60. The first-order valence-electron chi connectivity index (χ1n) is 7.57. The Balaban J connectivity index is 1.86. The average molecular weight is 338 g/mol. The van der Waals surface area contributed by atoms with Crippen molar-refractivity contribution in [3.8, 4) is 11.8 Å². The van der Waals surface area contributed by atoms with Crippen molar-refractivity contribution in [3.05, 3.63) is 82.9 Å². The molecule has 0 N–H and O–H groups in total. The van der Waals surface area contributed by atoms with Crippen molar-refractivity contribution in [2.24, 2.45) is 0 Å². The van der Waals surface area contributed by atoms with Crippen LogP contribution in [0.2, 0.25) is 5.02 Å². The monoisotopic (exact) mass is 337 g/mol. The fraction of sp³-hybridized carbons (Fsp3) is 0.158. The Kier molecular flexibility index (Phi) is 4.83. The van der Waals surface area contributed by atoms with Crippen LogP contribution in [0.25, 0.3) is 0 Å². The Morgan fingerprint density at radius 3 is 2.83 bits per heavy atom. The highest BCUT2D eigenvalue weighted by Gasteiger charge is 2.14. The van der Waals surface area contributed by atoms with Crippen LogP contribution in [0, 0.1) is 11.3 Å². The Morgan fingerprint density at radius 2 is 2.12 bits per heavy atom. The number of hydrogen-bond acceptors (Lipinski definition) is 3. The minimum absolute atomic E-state index is 0.255. The molecule has 1 atom stereocenters. The number of benzene rings is 2. The van der Waals surface area contributed by atoms with Crippen LogP contribution < -0.4 is 4.74 Å². The minimum atomic E-state index is -0.255. The van der Waals surface area contributed by atoms with Crippen molar-refractivity contribution in [1.82, 2.24) is 9.55 Å². The fourth-order valence-electron chi connectivity index (χ4n) is 2.50. The van der Waals surface area contributed by atoms with Crippen LogP contribution in [0.5, 0.6) is 5.75 Å². The molecule has 24 heavy (non-hydrogen) atoms. The molecule has 4 nitrogen and oxygen atoms in total. The van der Waals surface area contributed by atoms with Gasteiger partial charge in [0.05, 0.1) is 11.9 Å². The predicted molar refractivity (Wildman–Crippen MR) is 93.0 cm³/mol. The van der Waals surface area contributed by atoms with Gasteiger partial charge in [0.15, 0.2) is 0 Å². The number of halogens is 1. The van der Waals surface area contributed by atoms with Crippen molar-refractivity contribution < 1.29 is 4.74 Å². The molecular formula is C19H16ClN3O. The van der Waals surface area contributed by atoms with E-state index in [0.717, 1.165) is 11.1 Å². The maximum atomic E-state index is 9.33. The van der Waals surface area contributed by atoms with Crippen LogP contribution in [0.4, 0.5) is 0 Å². The van der Waals surface area contributed by atoms with Crippen molar-refractivity contribution in [2.75, 3.05) is 0 Å². The zero-order chi connectivity index (χ0) is 16.9. The molecule has 2 aromatic carbocycles. The third-order valence-electron chi connectivity index (χ3n) is 3.74. The number of rotatable bonds is 5. The quantitative estimate of drug-likeness (QED) is 0.683. The van der Waals surface area contributed by atoms with Crippen LogP contribution >= 0.6 is 11.6 Å². The van der Waals surface area contributed by atoms with Crippen molar-refractivity contribution in [3.63, 3.8) is 0 Å². The van der Waals surface area contributed by atoms with E-state index in [2.05, 4.69) is 11.1 Å². The number of ether oxygens (including phenoxy) is 1.